The van der Waals surface area contributed by atoms with E-state index in [1.165, 1.54) is 46.0 Å². The number of rotatable bonds is 10. The summed E-state index contributed by atoms with van der Waals surface area (Å²) in [5.41, 5.74) is 1.49. The van der Waals surface area contributed by atoms with Crippen molar-refractivity contribution in [2.24, 2.45) is 4.99 Å². The van der Waals surface area contributed by atoms with Crippen LogP contribution < -0.4 is 4.80 Å². The minimum Gasteiger partial charge on any atom is -0.380 e. The van der Waals surface area contributed by atoms with E-state index >= 15 is 0 Å². The van der Waals surface area contributed by atoms with Crippen molar-refractivity contribution in [3.05, 3.63) is 94.5 Å². The average molecular weight is 542 g/mol. The number of sulfonamides is 1. The number of amides is 1. The summed E-state index contributed by atoms with van der Waals surface area (Å²) in [4.78, 5) is 17.7. The summed E-state index contributed by atoms with van der Waals surface area (Å²) >= 11 is 1.21. The summed E-state index contributed by atoms with van der Waals surface area (Å²) in [6.07, 6.45) is 0. The topological polar surface area (TPSA) is 81.0 Å². The number of aromatic nitrogens is 1. The monoisotopic (exact) mass is 541 g/mol. The summed E-state index contributed by atoms with van der Waals surface area (Å²) < 4.78 is 50.1. The van der Waals surface area contributed by atoms with Gasteiger partial charge in [-0.1, -0.05) is 54.7 Å². The van der Waals surface area contributed by atoms with Gasteiger partial charge in [-0.25, -0.2) is 12.8 Å². The van der Waals surface area contributed by atoms with Crippen LogP contribution in [-0.2, 0) is 27.8 Å². The Morgan fingerprint density at radius 3 is 2.43 bits per heavy atom. The number of benzene rings is 3. The normalized spacial score (nSPS) is 12.5. The van der Waals surface area contributed by atoms with Crippen molar-refractivity contribution < 1.29 is 22.3 Å². The van der Waals surface area contributed by atoms with Crippen LogP contribution in [0.1, 0.15) is 29.8 Å². The molecule has 10 heteroatoms. The first-order chi connectivity index (χ1) is 17.8. The highest BCUT2D eigenvalue weighted by Gasteiger charge is 2.23. The zero-order valence-corrected chi connectivity index (χ0v) is 22.3. The van der Waals surface area contributed by atoms with Gasteiger partial charge in [-0.2, -0.15) is 9.30 Å². The Morgan fingerprint density at radius 1 is 1.03 bits per heavy atom. The van der Waals surface area contributed by atoms with E-state index in [9.17, 15) is 17.6 Å². The van der Waals surface area contributed by atoms with Gasteiger partial charge < -0.3 is 9.30 Å². The minimum atomic E-state index is -3.76. The Balaban J connectivity index is 1.62. The summed E-state index contributed by atoms with van der Waals surface area (Å²) in [6, 6.07) is 19.9. The van der Waals surface area contributed by atoms with Gasteiger partial charge in [-0.05, 0) is 48.9 Å². The van der Waals surface area contributed by atoms with Crippen molar-refractivity contribution >= 4 is 37.5 Å². The second-order valence-corrected chi connectivity index (χ2v) is 11.1. The highest BCUT2D eigenvalue weighted by molar-refractivity contribution is 7.89. The molecule has 4 rings (SSSR count). The molecule has 0 radical (unpaired) electrons. The van der Waals surface area contributed by atoms with E-state index in [1.807, 2.05) is 37.3 Å². The van der Waals surface area contributed by atoms with Crippen LogP contribution in [0.4, 0.5) is 4.39 Å². The van der Waals surface area contributed by atoms with E-state index < -0.39 is 21.7 Å². The number of carbonyl (C=O) groups is 1. The maximum absolute atomic E-state index is 14.6. The largest absolute Gasteiger partial charge is 0.380 e. The summed E-state index contributed by atoms with van der Waals surface area (Å²) in [5, 5.41) is 0. The van der Waals surface area contributed by atoms with Crippen LogP contribution in [0.25, 0.3) is 10.2 Å². The molecule has 37 heavy (non-hydrogen) atoms. The molecule has 0 saturated carbocycles. The van der Waals surface area contributed by atoms with Crippen molar-refractivity contribution in [1.82, 2.24) is 8.87 Å². The Bertz CT molecular complexity index is 1550. The number of carbonyl (C=O) groups excluding carboxylic acids is 1. The van der Waals surface area contributed by atoms with Gasteiger partial charge in [0.1, 0.15) is 5.82 Å². The third-order valence-corrected chi connectivity index (χ3v) is 8.78. The molecule has 0 bridgehead atoms. The van der Waals surface area contributed by atoms with Crippen LogP contribution in [0.3, 0.4) is 0 Å². The van der Waals surface area contributed by atoms with Gasteiger partial charge in [-0.15, -0.1) is 0 Å². The van der Waals surface area contributed by atoms with Gasteiger partial charge in [0, 0.05) is 31.8 Å². The number of fused-ring (bicyclic) bond motifs is 1. The Labute approximate surface area is 219 Å². The van der Waals surface area contributed by atoms with E-state index in [-0.39, 0.29) is 17.0 Å². The molecule has 0 aliphatic heterocycles. The van der Waals surface area contributed by atoms with Gasteiger partial charge in [0.15, 0.2) is 4.80 Å². The first-order valence-corrected chi connectivity index (χ1v) is 14.2. The predicted octanol–water partition coefficient (Wildman–Crippen LogP) is 4.83. The number of hydrogen-bond acceptors (Lipinski definition) is 5. The molecular formula is C27H28FN3O4S2. The molecule has 7 nitrogen and oxygen atoms in total. The lowest BCUT2D eigenvalue weighted by atomic mass is 10.2. The zero-order chi connectivity index (χ0) is 26.4. The summed E-state index contributed by atoms with van der Waals surface area (Å²) in [6.45, 7) is 5.42. The molecule has 1 heterocycles. The van der Waals surface area contributed by atoms with Gasteiger partial charge in [0.2, 0.25) is 10.0 Å². The number of nitrogens with zero attached hydrogens (tertiary/aromatic N) is 3. The van der Waals surface area contributed by atoms with Crippen molar-refractivity contribution in [2.45, 2.75) is 31.8 Å². The highest BCUT2D eigenvalue weighted by Crippen LogP contribution is 2.22. The second kappa shape index (κ2) is 11.9. The predicted molar refractivity (Wildman–Crippen MR) is 142 cm³/mol. The van der Waals surface area contributed by atoms with Crippen LogP contribution in [0.2, 0.25) is 0 Å². The first-order valence-electron chi connectivity index (χ1n) is 11.9. The van der Waals surface area contributed by atoms with Crippen molar-refractivity contribution in [3.8, 4) is 0 Å². The lowest BCUT2D eigenvalue weighted by Crippen LogP contribution is -2.30. The molecule has 0 atom stereocenters. The zero-order valence-electron chi connectivity index (χ0n) is 20.6. The molecule has 0 saturated heterocycles. The lowest BCUT2D eigenvalue weighted by Gasteiger charge is -2.20. The van der Waals surface area contributed by atoms with Gasteiger partial charge in [0.25, 0.3) is 5.91 Å². The number of para-hydroxylation sites is 1. The first kappa shape index (κ1) is 26.9. The maximum atomic E-state index is 14.6. The molecule has 0 aliphatic carbocycles. The van der Waals surface area contributed by atoms with Crippen molar-refractivity contribution in [1.29, 1.82) is 0 Å². The van der Waals surface area contributed by atoms with Crippen molar-refractivity contribution in [2.75, 3.05) is 19.8 Å². The Morgan fingerprint density at radius 2 is 1.76 bits per heavy atom. The summed E-state index contributed by atoms with van der Waals surface area (Å²) in [5.74, 6) is -0.942. The molecule has 0 spiro atoms. The molecule has 0 aliphatic rings. The lowest BCUT2D eigenvalue weighted by molar-refractivity contribution is 0.0996. The van der Waals surface area contributed by atoms with Crippen LogP contribution in [0.15, 0.2) is 82.7 Å². The number of halogens is 1. The van der Waals surface area contributed by atoms with Crippen LogP contribution >= 0.6 is 11.3 Å². The molecule has 4 aromatic rings. The maximum Gasteiger partial charge on any atom is 0.279 e. The standard InChI is InChI=1S/C27H28FN3O4S2/c1-3-30(19-20-9-6-5-7-10-20)37(33,34)22-15-13-21(14-16-22)26(32)29-27-31(17-18-35-4-2)25-23(28)11-8-12-24(25)36-27/h5-16H,3-4,17-19H2,1-2H3. The minimum absolute atomic E-state index is 0.0949. The third-order valence-electron chi connectivity index (χ3n) is 5.81. The molecule has 0 fully saturated rings. The van der Waals surface area contributed by atoms with E-state index in [4.69, 9.17) is 4.74 Å². The number of hydrogen-bond donors (Lipinski definition) is 0. The quantitative estimate of drug-likeness (QED) is 0.269. The number of thiazole rings is 1. The molecule has 3 aromatic carbocycles. The van der Waals surface area contributed by atoms with Crippen LogP contribution in [-0.4, -0.2) is 43.0 Å². The molecule has 0 unspecified atom stereocenters. The Hall–Kier alpha value is -3.18. The smallest absolute Gasteiger partial charge is 0.279 e. The fourth-order valence-corrected chi connectivity index (χ4v) is 6.41. The molecule has 0 N–H and O–H groups in total. The van der Waals surface area contributed by atoms with Crippen LogP contribution in [0.5, 0.6) is 0 Å². The third kappa shape index (κ3) is 6.04. The molecular weight excluding hydrogens is 513 g/mol. The summed E-state index contributed by atoms with van der Waals surface area (Å²) in [7, 11) is -3.76. The van der Waals surface area contributed by atoms with E-state index in [2.05, 4.69) is 4.99 Å². The molecule has 1 aromatic heterocycles. The van der Waals surface area contributed by atoms with E-state index in [0.717, 1.165) is 5.56 Å². The highest BCUT2D eigenvalue weighted by atomic mass is 32.2. The SMILES string of the molecule is CCOCCn1c(=NC(=O)c2ccc(S(=O)(=O)N(CC)Cc3ccccc3)cc2)sc2cccc(F)c21. The molecule has 194 valence electrons. The molecule has 1 amide bonds. The van der Waals surface area contributed by atoms with Crippen molar-refractivity contribution in [3.63, 3.8) is 0 Å². The van der Waals surface area contributed by atoms with E-state index in [0.29, 0.717) is 41.3 Å². The average Bonchev–Trinajstić information content (AvgIpc) is 3.26. The fraction of sp³-hybridized carbons (Fsp3) is 0.259. The van der Waals surface area contributed by atoms with Gasteiger partial charge in [0.05, 0.1) is 21.7 Å². The van der Waals surface area contributed by atoms with E-state index in [1.54, 1.807) is 23.6 Å². The second-order valence-electron chi connectivity index (χ2n) is 8.18. The van der Waals surface area contributed by atoms with Gasteiger partial charge >= 0.3 is 0 Å². The number of ether oxygens (including phenoxy) is 1. The fourth-order valence-electron chi connectivity index (χ4n) is 3.90. The van der Waals surface area contributed by atoms with Gasteiger partial charge in [-0.3, -0.25) is 4.79 Å². The Kier molecular flexibility index (Phi) is 8.65. The van der Waals surface area contributed by atoms with Crippen LogP contribution in [0, 0.1) is 5.82 Å².